The van der Waals surface area contributed by atoms with Crippen molar-refractivity contribution in [2.45, 2.75) is 25.5 Å². The molecular weight excluding hydrogens is 334 g/mol. The standard InChI is InChI=1S/C20H23NO5/c1-20(12-19(23)24,16-9-6-10-17(11-16)25-2)21-18(22)14-26-13-15-7-4-3-5-8-15/h3-11H,12-14H2,1-2H3,(H,21,22)(H,23,24). The Hall–Kier alpha value is -2.86. The number of hydrogen-bond donors (Lipinski definition) is 2. The van der Waals surface area contributed by atoms with E-state index in [0.29, 0.717) is 17.9 Å². The molecule has 1 unspecified atom stereocenters. The van der Waals surface area contributed by atoms with E-state index in [-0.39, 0.29) is 18.9 Å². The number of carboxylic acids is 1. The Morgan fingerprint density at radius 3 is 2.50 bits per heavy atom. The summed E-state index contributed by atoms with van der Waals surface area (Å²) in [6.45, 7) is 1.82. The van der Waals surface area contributed by atoms with Crippen molar-refractivity contribution >= 4 is 11.9 Å². The van der Waals surface area contributed by atoms with Crippen LogP contribution in [0.3, 0.4) is 0 Å². The molecule has 2 N–H and O–H groups in total. The van der Waals surface area contributed by atoms with Crippen molar-refractivity contribution in [3.05, 3.63) is 65.7 Å². The number of ether oxygens (including phenoxy) is 2. The summed E-state index contributed by atoms with van der Waals surface area (Å²) in [5.74, 6) is -0.804. The lowest BCUT2D eigenvalue weighted by Crippen LogP contribution is -2.46. The molecule has 6 heteroatoms. The van der Waals surface area contributed by atoms with Gasteiger partial charge in [0.15, 0.2) is 0 Å². The molecule has 0 aliphatic rings. The molecule has 0 spiro atoms. The molecule has 0 fully saturated rings. The Balaban J connectivity index is 2.03. The van der Waals surface area contributed by atoms with Gasteiger partial charge in [-0.3, -0.25) is 9.59 Å². The van der Waals surface area contributed by atoms with E-state index in [1.165, 1.54) is 7.11 Å². The highest BCUT2D eigenvalue weighted by molar-refractivity contribution is 5.79. The summed E-state index contributed by atoms with van der Waals surface area (Å²) in [6, 6.07) is 16.5. The van der Waals surface area contributed by atoms with Crippen LogP contribution in [0, 0.1) is 0 Å². The van der Waals surface area contributed by atoms with Crippen molar-refractivity contribution in [1.29, 1.82) is 0 Å². The number of benzene rings is 2. The Morgan fingerprint density at radius 1 is 1.12 bits per heavy atom. The molecule has 0 aromatic heterocycles. The number of aliphatic carboxylic acids is 1. The van der Waals surface area contributed by atoms with E-state index in [2.05, 4.69) is 5.32 Å². The van der Waals surface area contributed by atoms with Gasteiger partial charge in [-0.1, -0.05) is 42.5 Å². The number of rotatable bonds is 9. The normalized spacial score (nSPS) is 12.8. The summed E-state index contributed by atoms with van der Waals surface area (Å²) in [5, 5.41) is 12.0. The van der Waals surface area contributed by atoms with Crippen molar-refractivity contribution in [3.63, 3.8) is 0 Å². The molecule has 0 heterocycles. The highest BCUT2D eigenvalue weighted by Crippen LogP contribution is 2.27. The maximum atomic E-state index is 12.3. The van der Waals surface area contributed by atoms with Gasteiger partial charge in [-0.15, -0.1) is 0 Å². The highest BCUT2D eigenvalue weighted by Gasteiger charge is 2.31. The number of methoxy groups -OCH3 is 1. The summed E-state index contributed by atoms with van der Waals surface area (Å²) in [4.78, 5) is 23.6. The minimum absolute atomic E-state index is 0.159. The Morgan fingerprint density at radius 2 is 1.85 bits per heavy atom. The topological polar surface area (TPSA) is 84.9 Å². The van der Waals surface area contributed by atoms with Crippen LogP contribution >= 0.6 is 0 Å². The summed E-state index contributed by atoms with van der Waals surface area (Å²) in [5.41, 5.74) is 0.533. The first-order valence-electron chi connectivity index (χ1n) is 8.22. The maximum Gasteiger partial charge on any atom is 0.306 e. The first-order valence-corrected chi connectivity index (χ1v) is 8.22. The predicted molar refractivity (Wildman–Crippen MR) is 96.8 cm³/mol. The second-order valence-corrected chi connectivity index (χ2v) is 6.16. The van der Waals surface area contributed by atoms with Crippen LogP contribution in [-0.2, 0) is 26.5 Å². The van der Waals surface area contributed by atoms with Crippen molar-refractivity contribution in [2.24, 2.45) is 0 Å². The first-order chi connectivity index (χ1) is 12.4. The summed E-state index contributed by atoms with van der Waals surface area (Å²) < 4.78 is 10.6. The van der Waals surface area contributed by atoms with Gasteiger partial charge < -0.3 is 19.9 Å². The Kier molecular flexibility index (Phi) is 6.74. The average Bonchev–Trinajstić information content (AvgIpc) is 2.62. The first kappa shape index (κ1) is 19.5. The Labute approximate surface area is 152 Å². The second-order valence-electron chi connectivity index (χ2n) is 6.16. The monoisotopic (exact) mass is 357 g/mol. The fourth-order valence-electron chi connectivity index (χ4n) is 2.67. The van der Waals surface area contributed by atoms with Gasteiger partial charge in [0.1, 0.15) is 12.4 Å². The lowest BCUT2D eigenvalue weighted by atomic mass is 9.88. The smallest absolute Gasteiger partial charge is 0.306 e. The number of carbonyl (C=O) groups is 2. The minimum Gasteiger partial charge on any atom is -0.497 e. The molecule has 26 heavy (non-hydrogen) atoms. The fraction of sp³-hybridized carbons (Fsp3) is 0.300. The maximum absolute atomic E-state index is 12.3. The van der Waals surface area contributed by atoms with Gasteiger partial charge in [-0.2, -0.15) is 0 Å². The average molecular weight is 357 g/mol. The molecule has 0 saturated carbocycles. The van der Waals surface area contributed by atoms with Crippen LogP contribution in [0.2, 0.25) is 0 Å². The van der Waals surface area contributed by atoms with Crippen LogP contribution in [0.25, 0.3) is 0 Å². The minimum atomic E-state index is -1.08. The van der Waals surface area contributed by atoms with E-state index in [4.69, 9.17) is 9.47 Å². The third kappa shape index (κ3) is 5.60. The van der Waals surface area contributed by atoms with Gasteiger partial charge in [-0.05, 0) is 30.2 Å². The molecule has 2 aromatic carbocycles. The number of amides is 1. The molecule has 2 aromatic rings. The molecule has 2 rings (SSSR count). The summed E-state index contributed by atoms with van der Waals surface area (Å²) >= 11 is 0. The predicted octanol–water partition coefficient (Wildman–Crippen LogP) is 2.72. The quantitative estimate of drug-likeness (QED) is 0.721. The van der Waals surface area contributed by atoms with Crippen LogP contribution < -0.4 is 10.1 Å². The SMILES string of the molecule is COc1cccc(C(C)(CC(=O)O)NC(=O)COCc2ccccc2)c1. The van der Waals surface area contributed by atoms with Crippen molar-refractivity contribution in [1.82, 2.24) is 5.32 Å². The van der Waals surface area contributed by atoms with Gasteiger partial charge in [0.05, 0.1) is 25.7 Å². The zero-order valence-corrected chi connectivity index (χ0v) is 14.9. The molecule has 0 bridgehead atoms. The van der Waals surface area contributed by atoms with Gasteiger partial charge in [0, 0.05) is 0 Å². The molecule has 0 aliphatic carbocycles. The highest BCUT2D eigenvalue weighted by atomic mass is 16.5. The van der Waals surface area contributed by atoms with Gasteiger partial charge in [0.25, 0.3) is 0 Å². The third-order valence-electron chi connectivity index (χ3n) is 3.97. The molecule has 0 aliphatic heterocycles. The molecular formula is C20H23NO5. The number of nitrogens with one attached hydrogen (secondary N) is 1. The summed E-state index contributed by atoms with van der Waals surface area (Å²) in [6.07, 6.45) is -0.259. The van der Waals surface area contributed by atoms with E-state index < -0.39 is 11.5 Å². The van der Waals surface area contributed by atoms with Gasteiger partial charge >= 0.3 is 5.97 Å². The van der Waals surface area contributed by atoms with E-state index >= 15 is 0 Å². The van der Waals surface area contributed by atoms with Crippen molar-refractivity contribution < 1.29 is 24.2 Å². The lowest BCUT2D eigenvalue weighted by Gasteiger charge is -2.30. The molecule has 0 saturated heterocycles. The second kappa shape index (κ2) is 9.01. The largest absolute Gasteiger partial charge is 0.497 e. The number of carbonyl (C=O) groups excluding carboxylic acids is 1. The van der Waals surface area contributed by atoms with Crippen LogP contribution in [0.4, 0.5) is 0 Å². The van der Waals surface area contributed by atoms with Crippen molar-refractivity contribution in [3.8, 4) is 5.75 Å². The Bertz CT molecular complexity index is 747. The summed E-state index contributed by atoms with van der Waals surface area (Å²) in [7, 11) is 1.53. The zero-order valence-electron chi connectivity index (χ0n) is 14.9. The van der Waals surface area contributed by atoms with Gasteiger partial charge in [-0.25, -0.2) is 0 Å². The molecule has 6 nitrogen and oxygen atoms in total. The van der Waals surface area contributed by atoms with Crippen LogP contribution in [-0.4, -0.2) is 30.7 Å². The molecule has 1 amide bonds. The van der Waals surface area contributed by atoms with E-state index in [1.807, 2.05) is 30.3 Å². The van der Waals surface area contributed by atoms with E-state index in [1.54, 1.807) is 31.2 Å². The van der Waals surface area contributed by atoms with Crippen LogP contribution in [0.15, 0.2) is 54.6 Å². The van der Waals surface area contributed by atoms with E-state index in [9.17, 15) is 14.7 Å². The fourth-order valence-corrected chi connectivity index (χ4v) is 2.67. The molecule has 0 radical (unpaired) electrons. The van der Waals surface area contributed by atoms with Crippen LogP contribution in [0.1, 0.15) is 24.5 Å². The molecule has 1 atom stereocenters. The molecule has 138 valence electrons. The zero-order chi connectivity index (χ0) is 19.0. The van der Waals surface area contributed by atoms with Gasteiger partial charge in [0.2, 0.25) is 5.91 Å². The number of carboxylic acid groups (broad SMARTS) is 1. The number of hydrogen-bond acceptors (Lipinski definition) is 4. The van der Waals surface area contributed by atoms with Crippen molar-refractivity contribution in [2.75, 3.05) is 13.7 Å². The lowest BCUT2D eigenvalue weighted by molar-refractivity contribution is -0.139. The van der Waals surface area contributed by atoms with Crippen LogP contribution in [0.5, 0.6) is 5.75 Å². The third-order valence-corrected chi connectivity index (χ3v) is 3.97. The van der Waals surface area contributed by atoms with E-state index in [0.717, 1.165) is 5.56 Å².